The van der Waals surface area contributed by atoms with Crippen LogP contribution >= 0.6 is 15.9 Å². The van der Waals surface area contributed by atoms with Crippen molar-refractivity contribution in [2.24, 2.45) is 0 Å². The summed E-state index contributed by atoms with van der Waals surface area (Å²) in [4.78, 5) is 18.8. The number of pyridine rings is 1. The number of methoxy groups -OCH3 is 1. The van der Waals surface area contributed by atoms with Crippen LogP contribution in [-0.4, -0.2) is 42.0 Å². The van der Waals surface area contributed by atoms with Crippen LogP contribution in [0.4, 0.5) is 5.82 Å². The van der Waals surface area contributed by atoms with Crippen molar-refractivity contribution in [1.29, 1.82) is 0 Å². The molecule has 0 radical (unpaired) electrons. The second-order valence-electron chi connectivity index (χ2n) is 5.80. The minimum atomic E-state index is 0.0976. The fraction of sp³-hybridized carbons (Fsp3) is 0.333. The maximum atomic E-state index is 12.5. The molecule has 1 fully saturated rings. The fourth-order valence-electron chi connectivity index (χ4n) is 2.83. The number of likely N-dealkylation sites (tertiary alicyclic amines) is 1. The van der Waals surface area contributed by atoms with Gasteiger partial charge in [0.15, 0.2) is 0 Å². The molecule has 3 rings (SSSR count). The Labute approximate surface area is 150 Å². The predicted octanol–water partition coefficient (Wildman–Crippen LogP) is 3.57. The molecular formula is C18H20BrN3O2. The Hall–Kier alpha value is -2.08. The highest BCUT2D eigenvalue weighted by molar-refractivity contribution is 9.10. The van der Waals surface area contributed by atoms with Gasteiger partial charge < -0.3 is 15.0 Å². The number of hydrogen-bond acceptors (Lipinski definition) is 4. The quantitative estimate of drug-likeness (QED) is 0.868. The number of rotatable bonds is 4. The van der Waals surface area contributed by atoms with Crippen molar-refractivity contribution in [3.63, 3.8) is 0 Å². The predicted molar refractivity (Wildman–Crippen MR) is 97.5 cm³/mol. The molecule has 126 valence electrons. The third kappa shape index (κ3) is 4.06. The largest absolute Gasteiger partial charge is 0.497 e. The molecule has 1 N–H and O–H groups in total. The summed E-state index contributed by atoms with van der Waals surface area (Å²) in [6.07, 6.45) is 3.54. The average molecular weight is 390 g/mol. The summed E-state index contributed by atoms with van der Waals surface area (Å²) in [6.45, 7) is 1.49. The topological polar surface area (TPSA) is 54.5 Å². The van der Waals surface area contributed by atoms with Gasteiger partial charge in [0.2, 0.25) is 0 Å². The van der Waals surface area contributed by atoms with E-state index in [1.807, 2.05) is 41.3 Å². The van der Waals surface area contributed by atoms with Crippen LogP contribution < -0.4 is 10.1 Å². The monoisotopic (exact) mass is 389 g/mol. The molecule has 5 nitrogen and oxygen atoms in total. The van der Waals surface area contributed by atoms with Crippen LogP contribution in [0.15, 0.2) is 47.1 Å². The second kappa shape index (κ2) is 7.66. The molecule has 1 aromatic heterocycles. The van der Waals surface area contributed by atoms with Gasteiger partial charge in [-0.1, -0.05) is 15.9 Å². The van der Waals surface area contributed by atoms with E-state index in [1.165, 1.54) is 0 Å². The number of halogens is 1. The van der Waals surface area contributed by atoms with Crippen molar-refractivity contribution >= 4 is 27.7 Å². The zero-order valence-corrected chi connectivity index (χ0v) is 15.1. The molecule has 0 bridgehead atoms. The Bertz CT molecular complexity index is 698. The summed E-state index contributed by atoms with van der Waals surface area (Å²) in [7, 11) is 1.64. The average Bonchev–Trinajstić information content (AvgIpc) is 2.62. The minimum absolute atomic E-state index is 0.0976. The molecule has 1 aromatic carbocycles. The third-order valence-corrected chi connectivity index (χ3v) is 4.72. The lowest BCUT2D eigenvalue weighted by Crippen LogP contribution is -2.42. The molecular weight excluding hydrogens is 370 g/mol. The summed E-state index contributed by atoms with van der Waals surface area (Å²) in [5.41, 5.74) is 0.735. The molecule has 6 heteroatoms. The van der Waals surface area contributed by atoms with E-state index in [4.69, 9.17) is 4.74 Å². The molecule has 24 heavy (non-hydrogen) atoms. The van der Waals surface area contributed by atoms with Gasteiger partial charge >= 0.3 is 0 Å². The number of carbonyl (C=O) groups excluding carboxylic acids is 1. The molecule has 1 amide bonds. The highest BCUT2D eigenvalue weighted by Crippen LogP contribution is 2.20. The highest BCUT2D eigenvalue weighted by Gasteiger charge is 2.23. The highest BCUT2D eigenvalue weighted by atomic mass is 79.9. The van der Waals surface area contributed by atoms with Gasteiger partial charge in [0, 0.05) is 41.4 Å². The van der Waals surface area contributed by atoms with Gasteiger partial charge in [-0.25, -0.2) is 4.98 Å². The number of ether oxygens (including phenoxy) is 1. The zero-order chi connectivity index (χ0) is 16.9. The standard InChI is InChI=1S/C18H20BrN3O2/c1-24-16-6-9-20-17(12-16)21-15-7-10-22(11-8-15)18(23)13-2-4-14(19)5-3-13/h2-6,9,12,15H,7-8,10-11H2,1H3,(H,20,21). The second-order valence-corrected chi connectivity index (χ2v) is 6.71. The zero-order valence-electron chi connectivity index (χ0n) is 13.5. The van der Waals surface area contributed by atoms with E-state index in [0.717, 1.165) is 47.5 Å². The summed E-state index contributed by atoms with van der Waals surface area (Å²) in [5, 5.41) is 3.43. The van der Waals surface area contributed by atoms with Crippen molar-refractivity contribution in [3.8, 4) is 5.75 Å². The first-order valence-electron chi connectivity index (χ1n) is 7.97. The lowest BCUT2D eigenvalue weighted by atomic mass is 10.0. The van der Waals surface area contributed by atoms with Crippen LogP contribution in [0, 0.1) is 0 Å². The Morgan fingerprint density at radius 1 is 1.25 bits per heavy atom. The summed E-state index contributed by atoms with van der Waals surface area (Å²) in [6, 6.07) is 11.5. The van der Waals surface area contributed by atoms with Gasteiger partial charge in [-0.3, -0.25) is 4.79 Å². The van der Waals surface area contributed by atoms with Gasteiger partial charge in [-0.2, -0.15) is 0 Å². The Morgan fingerprint density at radius 2 is 1.96 bits per heavy atom. The van der Waals surface area contributed by atoms with Gasteiger partial charge in [0.05, 0.1) is 7.11 Å². The van der Waals surface area contributed by atoms with Crippen molar-refractivity contribution in [1.82, 2.24) is 9.88 Å². The smallest absolute Gasteiger partial charge is 0.253 e. The van der Waals surface area contributed by atoms with Crippen molar-refractivity contribution in [2.45, 2.75) is 18.9 Å². The molecule has 1 aliphatic heterocycles. The van der Waals surface area contributed by atoms with E-state index < -0.39 is 0 Å². The lowest BCUT2D eigenvalue weighted by Gasteiger charge is -2.32. The summed E-state index contributed by atoms with van der Waals surface area (Å²) in [5.74, 6) is 1.70. The number of piperidine rings is 1. The number of benzene rings is 1. The van der Waals surface area contributed by atoms with Crippen molar-refractivity contribution in [2.75, 3.05) is 25.5 Å². The van der Waals surface area contributed by atoms with Gasteiger partial charge in [-0.05, 0) is 43.2 Å². The van der Waals surface area contributed by atoms with Gasteiger partial charge in [0.25, 0.3) is 5.91 Å². The van der Waals surface area contributed by atoms with Crippen LogP contribution in [-0.2, 0) is 0 Å². The van der Waals surface area contributed by atoms with E-state index in [0.29, 0.717) is 6.04 Å². The minimum Gasteiger partial charge on any atom is -0.497 e. The third-order valence-electron chi connectivity index (χ3n) is 4.19. The maximum absolute atomic E-state index is 12.5. The van der Waals surface area contributed by atoms with Gasteiger partial charge in [0.1, 0.15) is 11.6 Å². The van der Waals surface area contributed by atoms with E-state index >= 15 is 0 Å². The number of nitrogens with one attached hydrogen (secondary N) is 1. The van der Waals surface area contributed by atoms with Crippen LogP contribution in [0.1, 0.15) is 23.2 Å². The molecule has 0 aliphatic carbocycles. The molecule has 1 aliphatic rings. The first-order chi connectivity index (χ1) is 11.7. The maximum Gasteiger partial charge on any atom is 0.253 e. The van der Waals surface area contributed by atoms with E-state index in [9.17, 15) is 4.79 Å². The van der Waals surface area contributed by atoms with Crippen LogP contribution in [0.2, 0.25) is 0 Å². The van der Waals surface area contributed by atoms with Crippen LogP contribution in [0.3, 0.4) is 0 Å². The molecule has 0 atom stereocenters. The van der Waals surface area contributed by atoms with E-state index in [-0.39, 0.29) is 5.91 Å². The first-order valence-corrected chi connectivity index (χ1v) is 8.76. The molecule has 1 saturated heterocycles. The number of aromatic nitrogens is 1. The molecule has 2 heterocycles. The Balaban J connectivity index is 1.55. The Morgan fingerprint density at radius 3 is 2.62 bits per heavy atom. The SMILES string of the molecule is COc1ccnc(NC2CCN(C(=O)c3ccc(Br)cc3)CC2)c1. The summed E-state index contributed by atoms with van der Waals surface area (Å²) >= 11 is 3.39. The molecule has 0 spiro atoms. The Kier molecular flexibility index (Phi) is 5.35. The number of carbonyl (C=O) groups is 1. The van der Waals surface area contributed by atoms with E-state index in [2.05, 4.69) is 26.2 Å². The molecule has 2 aromatic rings. The number of anilines is 1. The van der Waals surface area contributed by atoms with Crippen molar-refractivity contribution < 1.29 is 9.53 Å². The van der Waals surface area contributed by atoms with Crippen LogP contribution in [0.5, 0.6) is 5.75 Å². The van der Waals surface area contributed by atoms with Crippen molar-refractivity contribution in [3.05, 3.63) is 52.6 Å². The van der Waals surface area contributed by atoms with Gasteiger partial charge in [-0.15, -0.1) is 0 Å². The number of hydrogen-bond donors (Lipinski definition) is 1. The lowest BCUT2D eigenvalue weighted by molar-refractivity contribution is 0.0718. The fourth-order valence-corrected chi connectivity index (χ4v) is 3.09. The normalized spacial score (nSPS) is 15.2. The van der Waals surface area contributed by atoms with Crippen LogP contribution in [0.25, 0.3) is 0 Å². The molecule has 0 saturated carbocycles. The number of nitrogens with zero attached hydrogens (tertiary/aromatic N) is 2. The number of amides is 1. The molecule has 0 unspecified atom stereocenters. The van der Waals surface area contributed by atoms with E-state index in [1.54, 1.807) is 13.3 Å². The summed E-state index contributed by atoms with van der Waals surface area (Å²) < 4.78 is 6.19. The first kappa shape index (κ1) is 16.8.